The normalized spacial score (nSPS) is 17.7. The van der Waals surface area contributed by atoms with Gasteiger partial charge in [-0.25, -0.2) is 0 Å². The molecular weight excluding hydrogens is 140 g/mol. The second kappa shape index (κ2) is 5.13. The molecule has 1 rings (SSSR count). The summed E-state index contributed by atoms with van der Waals surface area (Å²) in [6.45, 7) is 2.09. The van der Waals surface area contributed by atoms with Crippen molar-refractivity contribution in [3.63, 3.8) is 0 Å². The maximum Gasteiger partial charge on any atom is 0.0963 e. The zero-order valence-corrected chi connectivity index (χ0v) is 6.84. The molecule has 1 aliphatic rings. The van der Waals surface area contributed by atoms with Crippen LogP contribution in [0.4, 0.5) is 0 Å². The van der Waals surface area contributed by atoms with Crippen molar-refractivity contribution in [1.29, 1.82) is 0 Å². The quantitative estimate of drug-likeness (QED) is 0.586. The smallest absolute Gasteiger partial charge is 0.0963 e. The topological polar surface area (TPSA) is 44.6 Å². The first-order valence-corrected chi connectivity index (χ1v) is 4.31. The number of aliphatic imine (C=N–C) groups is 1. The van der Waals surface area contributed by atoms with E-state index in [9.17, 15) is 0 Å². The summed E-state index contributed by atoms with van der Waals surface area (Å²) in [7, 11) is 0. The lowest BCUT2D eigenvalue weighted by atomic mass is 10.2. The van der Waals surface area contributed by atoms with E-state index < -0.39 is 0 Å². The Hall–Kier alpha value is -0.570. The van der Waals surface area contributed by atoms with Gasteiger partial charge in [0.2, 0.25) is 0 Å². The van der Waals surface area contributed by atoms with Gasteiger partial charge in [-0.15, -0.1) is 0 Å². The first-order valence-electron chi connectivity index (χ1n) is 4.31. The molecular formula is C8H16N2O. The SMILES string of the molecule is OCCCNC1=NCCCC1. The van der Waals surface area contributed by atoms with Crippen LogP contribution in [0, 0.1) is 0 Å². The molecule has 0 aromatic rings. The highest BCUT2D eigenvalue weighted by Gasteiger charge is 2.02. The van der Waals surface area contributed by atoms with Crippen LogP contribution in [0.5, 0.6) is 0 Å². The maximum absolute atomic E-state index is 8.52. The van der Waals surface area contributed by atoms with Crippen molar-refractivity contribution in [2.45, 2.75) is 25.7 Å². The third kappa shape index (κ3) is 3.37. The van der Waals surface area contributed by atoms with Crippen molar-refractivity contribution in [2.75, 3.05) is 19.7 Å². The van der Waals surface area contributed by atoms with Crippen LogP contribution in [-0.4, -0.2) is 30.6 Å². The van der Waals surface area contributed by atoms with Crippen LogP contribution in [-0.2, 0) is 0 Å². The van der Waals surface area contributed by atoms with Crippen LogP contribution in [0.25, 0.3) is 0 Å². The Bertz CT molecular complexity index is 134. The Labute approximate surface area is 67.5 Å². The van der Waals surface area contributed by atoms with Crippen molar-refractivity contribution in [3.8, 4) is 0 Å². The number of hydrogen-bond donors (Lipinski definition) is 2. The second-order valence-corrected chi connectivity index (χ2v) is 2.79. The number of nitrogens with zero attached hydrogens (tertiary/aromatic N) is 1. The second-order valence-electron chi connectivity index (χ2n) is 2.79. The van der Waals surface area contributed by atoms with Crippen LogP contribution in [0.2, 0.25) is 0 Å². The lowest BCUT2D eigenvalue weighted by Gasteiger charge is -2.12. The minimum Gasteiger partial charge on any atom is -0.396 e. The molecule has 0 spiro atoms. The largest absolute Gasteiger partial charge is 0.396 e. The number of aliphatic hydroxyl groups is 1. The maximum atomic E-state index is 8.52. The van der Waals surface area contributed by atoms with E-state index in [2.05, 4.69) is 10.3 Å². The average molecular weight is 156 g/mol. The molecule has 0 radical (unpaired) electrons. The summed E-state index contributed by atoms with van der Waals surface area (Å²) in [6.07, 6.45) is 4.39. The standard InChI is InChI=1S/C8H16N2O/c11-7-3-6-10-8-4-1-2-5-9-8/h11H,1-7H2,(H,9,10). The molecule has 11 heavy (non-hydrogen) atoms. The summed E-state index contributed by atoms with van der Waals surface area (Å²) >= 11 is 0. The van der Waals surface area contributed by atoms with Gasteiger partial charge in [-0.1, -0.05) is 0 Å². The Morgan fingerprint density at radius 2 is 2.36 bits per heavy atom. The molecule has 1 aliphatic heterocycles. The molecule has 0 saturated carbocycles. The first-order chi connectivity index (χ1) is 5.43. The number of hydrogen-bond acceptors (Lipinski definition) is 3. The zero-order chi connectivity index (χ0) is 7.94. The molecule has 1 heterocycles. The van der Waals surface area contributed by atoms with Crippen LogP contribution in [0.1, 0.15) is 25.7 Å². The van der Waals surface area contributed by atoms with Gasteiger partial charge in [0.15, 0.2) is 0 Å². The Morgan fingerprint density at radius 1 is 1.45 bits per heavy atom. The van der Waals surface area contributed by atoms with Gasteiger partial charge in [-0.2, -0.15) is 0 Å². The molecule has 0 saturated heterocycles. The summed E-state index contributed by atoms with van der Waals surface area (Å²) < 4.78 is 0. The van der Waals surface area contributed by atoms with E-state index in [0.29, 0.717) is 0 Å². The summed E-state index contributed by atoms with van der Waals surface area (Å²) in [5.41, 5.74) is 0. The van der Waals surface area contributed by atoms with E-state index in [1.54, 1.807) is 0 Å². The third-order valence-corrected chi connectivity index (χ3v) is 1.79. The summed E-state index contributed by atoms with van der Waals surface area (Å²) in [6, 6.07) is 0. The summed E-state index contributed by atoms with van der Waals surface area (Å²) in [4.78, 5) is 4.33. The molecule has 3 nitrogen and oxygen atoms in total. The fourth-order valence-electron chi connectivity index (χ4n) is 1.15. The monoisotopic (exact) mass is 156 g/mol. The third-order valence-electron chi connectivity index (χ3n) is 1.79. The van der Waals surface area contributed by atoms with Crippen LogP contribution >= 0.6 is 0 Å². The highest BCUT2D eigenvalue weighted by Crippen LogP contribution is 2.03. The lowest BCUT2D eigenvalue weighted by Crippen LogP contribution is -2.27. The van der Waals surface area contributed by atoms with Crippen molar-refractivity contribution >= 4 is 5.84 Å². The molecule has 0 unspecified atom stereocenters. The van der Waals surface area contributed by atoms with Crippen LogP contribution in [0.15, 0.2) is 4.99 Å². The van der Waals surface area contributed by atoms with Gasteiger partial charge < -0.3 is 10.4 Å². The van der Waals surface area contributed by atoms with E-state index in [4.69, 9.17) is 5.11 Å². The van der Waals surface area contributed by atoms with E-state index in [1.165, 1.54) is 12.8 Å². The molecule has 3 heteroatoms. The molecule has 0 aliphatic carbocycles. The predicted octanol–water partition coefficient (Wildman–Crippen LogP) is 0.541. The average Bonchev–Trinajstić information content (AvgIpc) is 2.07. The van der Waals surface area contributed by atoms with Crippen molar-refractivity contribution in [1.82, 2.24) is 5.32 Å². The lowest BCUT2D eigenvalue weighted by molar-refractivity contribution is 0.289. The fraction of sp³-hybridized carbons (Fsp3) is 0.875. The number of amidine groups is 1. The minimum absolute atomic E-state index is 0.264. The van der Waals surface area contributed by atoms with E-state index >= 15 is 0 Å². The van der Waals surface area contributed by atoms with Crippen molar-refractivity contribution < 1.29 is 5.11 Å². The zero-order valence-electron chi connectivity index (χ0n) is 6.84. The van der Waals surface area contributed by atoms with E-state index in [-0.39, 0.29) is 6.61 Å². The number of aliphatic hydroxyl groups excluding tert-OH is 1. The number of rotatable bonds is 3. The van der Waals surface area contributed by atoms with E-state index in [0.717, 1.165) is 31.8 Å². The van der Waals surface area contributed by atoms with Gasteiger partial charge in [-0.3, -0.25) is 4.99 Å². The Morgan fingerprint density at radius 3 is 3.00 bits per heavy atom. The number of nitrogens with one attached hydrogen (secondary N) is 1. The molecule has 0 aromatic carbocycles. The molecule has 0 amide bonds. The van der Waals surface area contributed by atoms with Gasteiger partial charge in [0.05, 0.1) is 5.84 Å². The fourth-order valence-corrected chi connectivity index (χ4v) is 1.15. The van der Waals surface area contributed by atoms with E-state index in [1.807, 2.05) is 0 Å². The Balaban J connectivity index is 2.09. The van der Waals surface area contributed by atoms with Gasteiger partial charge in [-0.05, 0) is 19.3 Å². The van der Waals surface area contributed by atoms with Crippen molar-refractivity contribution in [3.05, 3.63) is 0 Å². The molecule has 0 bridgehead atoms. The van der Waals surface area contributed by atoms with Gasteiger partial charge in [0, 0.05) is 26.1 Å². The molecule has 0 fully saturated rings. The van der Waals surface area contributed by atoms with Gasteiger partial charge in [0.1, 0.15) is 0 Å². The summed E-state index contributed by atoms with van der Waals surface area (Å²) in [5, 5.41) is 11.7. The molecule has 2 N–H and O–H groups in total. The first kappa shape index (κ1) is 8.53. The minimum atomic E-state index is 0.264. The van der Waals surface area contributed by atoms with Gasteiger partial charge in [0.25, 0.3) is 0 Å². The molecule has 0 atom stereocenters. The highest BCUT2D eigenvalue weighted by atomic mass is 16.3. The van der Waals surface area contributed by atoms with Crippen LogP contribution in [0.3, 0.4) is 0 Å². The highest BCUT2D eigenvalue weighted by molar-refractivity contribution is 5.82. The van der Waals surface area contributed by atoms with Crippen molar-refractivity contribution in [2.24, 2.45) is 4.99 Å². The predicted molar refractivity (Wildman–Crippen MR) is 45.9 cm³/mol. The van der Waals surface area contributed by atoms with Crippen LogP contribution < -0.4 is 5.32 Å². The Kier molecular flexibility index (Phi) is 3.98. The van der Waals surface area contributed by atoms with Gasteiger partial charge >= 0.3 is 0 Å². The summed E-state index contributed by atoms with van der Waals surface area (Å²) in [5.74, 6) is 1.13. The molecule has 0 aromatic heterocycles. The molecule has 64 valence electrons.